The summed E-state index contributed by atoms with van der Waals surface area (Å²) in [7, 11) is 2.08. The van der Waals surface area contributed by atoms with Gasteiger partial charge in [-0.1, -0.05) is 31.2 Å². The van der Waals surface area contributed by atoms with E-state index in [0.29, 0.717) is 25.2 Å². The highest BCUT2D eigenvalue weighted by atomic mass is 19.1. The van der Waals surface area contributed by atoms with E-state index in [1.54, 1.807) is 4.90 Å². The van der Waals surface area contributed by atoms with Crippen LogP contribution in [0.1, 0.15) is 41.3 Å². The van der Waals surface area contributed by atoms with Gasteiger partial charge in [0, 0.05) is 31.7 Å². The van der Waals surface area contributed by atoms with E-state index in [2.05, 4.69) is 36.3 Å². The number of amides is 2. The van der Waals surface area contributed by atoms with Gasteiger partial charge in [-0.25, -0.2) is 4.39 Å². The van der Waals surface area contributed by atoms with Crippen molar-refractivity contribution < 1.29 is 14.0 Å². The van der Waals surface area contributed by atoms with Gasteiger partial charge < -0.3 is 15.1 Å². The number of nitrogens with zero attached hydrogens (tertiary/aromatic N) is 2. The van der Waals surface area contributed by atoms with Crippen LogP contribution in [-0.2, 0) is 17.9 Å². The first kappa shape index (κ1) is 22.0. The molecule has 1 saturated heterocycles. The first-order valence-corrected chi connectivity index (χ1v) is 10.5. The van der Waals surface area contributed by atoms with Crippen molar-refractivity contribution >= 4 is 11.8 Å². The second kappa shape index (κ2) is 10.3. The summed E-state index contributed by atoms with van der Waals surface area (Å²) >= 11 is 0. The van der Waals surface area contributed by atoms with Gasteiger partial charge >= 0.3 is 0 Å². The largest absolute Gasteiger partial charge is 0.352 e. The summed E-state index contributed by atoms with van der Waals surface area (Å²) in [4.78, 5) is 29.3. The molecule has 0 saturated carbocycles. The predicted octanol–water partition coefficient (Wildman–Crippen LogP) is 3.45. The van der Waals surface area contributed by atoms with Crippen LogP contribution >= 0.6 is 0 Å². The smallest absolute Gasteiger partial charge is 0.253 e. The molecule has 5 nitrogen and oxygen atoms in total. The second-order valence-electron chi connectivity index (χ2n) is 7.97. The zero-order valence-corrected chi connectivity index (χ0v) is 17.7. The summed E-state index contributed by atoms with van der Waals surface area (Å²) in [5, 5.41) is 3.03. The van der Waals surface area contributed by atoms with Crippen molar-refractivity contribution in [2.24, 2.45) is 5.92 Å². The number of carbonyl (C=O) groups excluding carboxylic acids is 2. The van der Waals surface area contributed by atoms with Crippen molar-refractivity contribution in [1.82, 2.24) is 15.1 Å². The lowest BCUT2D eigenvalue weighted by Gasteiger charge is -2.32. The van der Waals surface area contributed by atoms with E-state index in [-0.39, 0.29) is 23.5 Å². The SMILES string of the molecule is CCN(C)Cc1cccc(CNC(=O)C2CCCN(C(=O)c3ccc(F)cc3)C2)c1. The first-order chi connectivity index (χ1) is 14.5. The fourth-order valence-corrected chi connectivity index (χ4v) is 3.75. The van der Waals surface area contributed by atoms with E-state index < -0.39 is 0 Å². The zero-order chi connectivity index (χ0) is 21.5. The van der Waals surface area contributed by atoms with Crippen LogP contribution in [0.25, 0.3) is 0 Å². The Morgan fingerprint density at radius 2 is 1.90 bits per heavy atom. The van der Waals surface area contributed by atoms with Gasteiger partial charge in [-0.2, -0.15) is 0 Å². The third-order valence-corrected chi connectivity index (χ3v) is 5.62. The molecule has 0 aromatic heterocycles. The van der Waals surface area contributed by atoms with Crippen LogP contribution in [0.3, 0.4) is 0 Å². The standard InChI is InChI=1S/C24H30FN3O2/c1-3-27(2)16-19-7-4-6-18(14-19)15-26-23(29)21-8-5-13-28(17-21)24(30)20-9-11-22(25)12-10-20/h4,6-7,9-12,14,21H,3,5,8,13,15-17H2,1-2H3,(H,26,29). The summed E-state index contributed by atoms with van der Waals surface area (Å²) in [6.07, 6.45) is 1.55. The lowest BCUT2D eigenvalue weighted by atomic mass is 9.96. The van der Waals surface area contributed by atoms with Crippen LogP contribution in [0.15, 0.2) is 48.5 Å². The molecule has 1 heterocycles. The van der Waals surface area contributed by atoms with Gasteiger partial charge in [0.15, 0.2) is 0 Å². The summed E-state index contributed by atoms with van der Waals surface area (Å²) < 4.78 is 13.1. The van der Waals surface area contributed by atoms with Crippen molar-refractivity contribution in [2.75, 3.05) is 26.7 Å². The second-order valence-corrected chi connectivity index (χ2v) is 7.97. The van der Waals surface area contributed by atoms with Crippen LogP contribution in [0.4, 0.5) is 4.39 Å². The molecule has 2 aromatic rings. The van der Waals surface area contributed by atoms with Gasteiger partial charge in [0.25, 0.3) is 5.91 Å². The van der Waals surface area contributed by atoms with Crippen LogP contribution < -0.4 is 5.32 Å². The van der Waals surface area contributed by atoms with Crippen molar-refractivity contribution in [1.29, 1.82) is 0 Å². The Kier molecular flexibility index (Phi) is 7.57. The number of rotatable bonds is 7. The van der Waals surface area contributed by atoms with Crippen LogP contribution in [0.2, 0.25) is 0 Å². The fourth-order valence-electron chi connectivity index (χ4n) is 3.75. The maximum atomic E-state index is 13.1. The van der Waals surface area contributed by atoms with E-state index in [0.717, 1.165) is 31.5 Å². The Bertz CT molecular complexity index is 869. The lowest BCUT2D eigenvalue weighted by molar-refractivity contribution is -0.126. The third kappa shape index (κ3) is 5.89. The number of hydrogen-bond donors (Lipinski definition) is 1. The number of hydrogen-bond acceptors (Lipinski definition) is 3. The minimum atomic E-state index is -0.368. The number of nitrogens with one attached hydrogen (secondary N) is 1. The van der Waals surface area contributed by atoms with Gasteiger partial charge in [0.05, 0.1) is 5.92 Å². The molecule has 30 heavy (non-hydrogen) atoms. The van der Waals surface area contributed by atoms with Gasteiger partial charge in [-0.15, -0.1) is 0 Å². The van der Waals surface area contributed by atoms with E-state index >= 15 is 0 Å². The van der Waals surface area contributed by atoms with Gasteiger partial charge in [-0.3, -0.25) is 9.59 Å². The van der Waals surface area contributed by atoms with Crippen LogP contribution in [-0.4, -0.2) is 48.3 Å². The minimum absolute atomic E-state index is 0.0253. The molecule has 3 rings (SSSR count). The monoisotopic (exact) mass is 411 g/mol. The molecule has 0 radical (unpaired) electrons. The Morgan fingerprint density at radius 3 is 2.63 bits per heavy atom. The molecular weight excluding hydrogens is 381 g/mol. The maximum absolute atomic E-state index is 13.1. The third-order valence-electron chi connectivity index (χ3n) is 5.62. The Morgan fingerprint density at radius 1 is 1.17 bits per heavy atom. The van der Waals surface area contributed by atoms with Crippen LogP contribution in [0, 0.1) is 11.7 Å². The average Bonchev–Trinajstić information content (AvgIpc) is 2.77. The van der Waals surface area contributed by atoms with Crippen molar-refractivity contribution in [3.05, 3.63) is 71.0 Å². The maximum Gasteiger partial charge on any atom is 0.253 e. The molecule has 1 unspecified atom stereocenters. The van der Waals surface area contributed by atoms with Crippen LogP contribution in [0.5, 0.6) is 0 Å². The summed E-state index contributed by atoms with van der Waals surface area (Å²) in [5.74, 6) is -0.770. The summed E-state index contributed by atoms with van der Waals surface area (Å²) in [6.45, 7) is 5.47. The molecule has 1 N–H and O–H groups in total. The summed E-state index contributed by atoms with van der Waals surface area (Å²) in [6, 6.07) is 13.8. The Labute approximate surface area is 177 Å². The van der Waals surface area contributed by atoms with E-state index in [1.165, 1.54) is 29.8 Å². The molecule has 2 amide bonds. The molecule has 1 aliphatic rings. The van der Waals surface area contributed by atoms with E-state index in [4.69, 9.17) is 0 Å². The quantitative estimate of drug-likeness (QED) is 0.759. The predicted molar refractivity (Wildman–Crippen MR) is 115 cm³/mol. The minimum Gasteiger partial charge on any atom is -0.352 e. The van der Waals surface area contributed by atoms with Gasteiger partial charge in [0.2, 0.25) is 5.91 Å². The van der Waals surface area contributed by atoms with E-state index in [1.807, 2.05) is 12.1 Å². The molecule has 1 aliphatic heterocycles. The molecule has 6 heteroatoms. The lowest BCUT2D eigenvalue weighted by Crippen LogP contribution is -2.45. The Hall–Kier alpha value is -2.73. The first-order valence-electron chi connectivity index (χ1n) is 10.5. The summed E-state index contributed by atoms with van der Waals surface area (Å²) in [5.41, 5.74) is 2.74. The molecule has 0 aliphatic carbocycles. The van der Waals surface area contributed by atoms with Crippen molar-refractivity contribution in [3.63, 3.8) is 0 Å². The van der Waals surface area contributed by atoms with Crippen molar-refractivity contribution in [2.45, 2.75) is 32.9 Å². The highest BCUT2D eigenvalue weighted by molar-refractivity contribution is 5.94. The molecule has 1 atom stereocenters. The molecule has 0 bridgehead atoms. The molecule has 160 valence electrons. The topological polar surface area (TPSA) is 52.7 Å². The molecule has 1 fully saturated rings. The molecule has 2 aromatic carbocycles. The van der Waals surface area contributed by atoms with Crippen molar-refractivity contribution in [3.8, 4) is 0 Å². The Balaban J connectivity index is 1.55. The number of halogens is 1. The van der Waals surface area contributed by atoms with Gasteiger partial charge in [0.1, 0.15) is 5.82 Å². The number of benzene rings is 2. The molecule has 0 spiro atoms. The number of likely N-dealkylation sites (tertiary alicyclic amines) is 1. The molecular formula is C24H30FN3O2. The number of piperidine rings is 1. The van der Waals surface area contributed by atoms with E-state index in [9.17, 15) is 14.0 Å². The highest BCUT2D eigenvalue weighted by Gasteiger charge is 2.28. The average molecular weight is 412 g/mol. The number of carbonyl (C=O) groups is 2. The zero-order valence-electron chi connectivity index (χ0n) is 17.7. The highest BCUT2D eigenvalue weighted by Crippen LogP contribution is 2.19. The fraction of sp³-hybridized carbons (Fsp3) is 0.417. The normalized spacial score (nSPS) is 16.5. The van der Waals surface area contributed by atoms with Gasteiger partial charge in [-0.05, 0) is 61.8 Å².